The number of rotatable bonds is 3. The van der Waals surface area contributed by atoms with E-state index in [9.17, 15) is 4.79 Å². The Morgan fingerprint density at radius 2 is 2.35 bits per heavy atom. The predicted octanol–water partition coefficient (Wildman–Crippen LogP) is 2.46. The summed E-state index contributed by atoms with van der Waals surface area (Å²) >= 11 is 0. The van der Waals surface area contributed by atoms with E-state index in [0.29, 0.717) is 0 Å². The molecular formula is C14H19ClN4O. The first-order chi connectivity index (χ1) is 9.23. The van der Waals surface area contributed by atoms with Crippen molar-refractivity contribution in [1.29, 1.82) is 0 Å². The van der Waals surface area contributed by atoms with Gasteiger partial charge in [-0.25, -0.2) is 0 Å². The average molecular weight is 295 g/mol. The van der Waals surface area contributed by atoms with Crippen LogP contribution in [-0.2, 0) is 4.79 Å². The van der Waals surface area contributed by atoms with Crippen molar-refractivity contribution in [2.75, 3.05) is 11.9 Å². The van der Waals surface area contributed by atoms with Gasteiger partial charge in [-0.3, -0.25) is 9.89 Å². The van der Waals surface area contributed by atoms with Crippen LogP contribution >= 0.6 is 12.4 Å². The van der Waals surface area contributed by atoms with Gasteiger partial charge < -0.3 is 10.6 Å². The van der Waals surface area contributed by atoms with E-state index >= 15 is 0 Å². The van der Waals surface area contributed by atoms with Crippen LogP contribution in [0.5, 0.6) is 0 Å². The molecule has 1 fully saturated rings. The van der Waals surface area contributed by atoms with E-state index in [1.165, 1.54) is 0 Å². The lowest BCUT2D eigenvalue weighted by Gasteiger charge is -2.26. The number of hydrogen-bond donors (Lipinski definition) is 3. The molecule has 2 aromatic rings. The molecule has 1 saturated heterocycles. The van der Waals surface area contributed by atoms with Gasteiger partial charge in [0.15, 0.2) is 0 Å². The number of hydrogen-bond acceptors (Lipinski definition) is 3. The van der Waals surface area contributed by atoms with Gasteiger partial charge >= 0.3 is 0 Å². The van der Waals surface area contributed by atoms with Crippen LogP contribution in [0.3, 0.4) is 0 Å². The van der Waals surface area contributed by atoms with Crippen molar-refractivity contribution in [2.45, 2.75) is 31.7 Å². The zero-order valence-electron chi connectivity index (χ0n) is 11.4. The molecule has 0 spiro atoms. The SMILES string of the molecule is CCC1(C(=O)Nc2ccc3[nH]ncc3c2)CCCN1.Cl. The summed E-state index contributed by atoms with van der Waals surface area (Å²) in [5.41, 5.74) is 1.40. The Kier molecular flexibility index (Phi) is 4.30. The van der Waals surface area contributed by atoms with Crippen LogP contribution < -0.4 is 10.6 Å². The van der Waals surface area contributed by atoms with E-state index in [-0.39, 0.29) is 18.3 Å². The quantitative estimate of drug-likeness (QED) is 0.814. The molecule has 1 aliphatic heterocycles. The molecule has 1 atom stereocenters. The Morgan fingerprint density at radius 3 is 3.05 bits per heavy atom. The summed E-state index contributed by atoms with van der Waals surface area (Å²) < 4.78 is 0. The first-order valence-electron chi connectivity index (χ1n) is 6.73. The standard InChI is InChI=1S/C14H18N4O.ClH/c1-2-14(6-3-7-15-14)13(19)17-11-4-5-12-10(8-11)9-16-18-12;/h4-5,8-9,15H,2-3,6-7H2,1H3,(H,16,18)(H,17,19);1H. The van der Waals surface area contributed by atoms with E-state index in [1.807, 2.05) is 18.2 Å². The Hall–Kier alpha value is -1.59. The lowest BCUT2D eigenvalue weighted by Crippen LogP contribution is -2.50. The number of carbonyl (C=O) groups excluding carboxylic acids is 1. The van der Waals surface area contributed by atoms with Crippen molar-refractivity contribution in [3.05, 3.63) is 24.4 Å². The number of benzene rings is 1. The van der Waals surface area contributed by atoms with E-state index in [2.05, 4.69) is 27.8 Å². The van der Waals surface area contributed by atoms with Gasteiger partial charge in [0.1, 0.15) is 0 Å². The van der Waals surface area contributed by atoms with Gasteiger partial charge in [0.05, 0.1) is 17.3 Å². The first-order valence-corrected chi connectivity index (χ1v) is 6.73. The number of amides is 1. The molecule has 5 nitrogen and oxygen atoms in total. The Morgan fingerprint density at radius 1 is 1.50 bits per heavy atom. The maximum Gasteiger partial charge on any atom is 0.244 e. The van der Waals surface area contributed by atoms with Crippen LogP contribution in [0.1, 0.15) is 26.2 Å². The van der Waals surface area contributed by atoms with Crippen LogP contribution in [0.15, 0.2) is 24.4 Å². The molecule has 6 heteroatoms. The fourth-order valence-electron chi connectivity index (χ4n) is 2.73. The molecule has 1 aromatic carbocycles. The third kappa shape index (κ3) is 2.51. The molecule has 108 valence electrons. The topological polar surface area (TPSA) is 69.8 Å². The minimum absolute atomic E-state index is 0. The van der Waals surface area contributed by atoms with Crippen LogP contribution in [0.25, 0.3) is 10.9 Å². The Bertz CT molecular complexity index is 604. The van der Waals surface area contributed by atoms with Crippen molar-refractivity contribution in [2.24, 2.45) is 0 Å². The normalized spacial score (nSPS) is 21.6. The van der Waals surface area contributed by atoms with Gasteiger partial charge in [0.2, 0.25) is 5.91 Å². The summed E-state index contributed by atoms with van der Waals surface area (Å²) in [5.74, 6) is 0.0651. The summed E-state index contributed by atoms with van der Waals surface area (Å²) in [6.45, 7) is 2.97. The van der Waals surface area contributed by atoms with Crippen LogP contribution in [0.2, 0.25) is 0 Å². The molecule has 3 rings (SSSR count). The maximum atomic E-state index is 12.4. The second-order valence-electron chi connectivity index (χ2n) is 5.09. The fraction of sp³-hybridized carbons (Fsp3) is 0.429. The number of nitrogens with one attached hydrogen (secondary N) is 3. The zero-order valence-corrected chi connectivity index (χ0v) is 12.2. The van der Waals surface area contributed by atoms with Gasteiger partial charge in [-0.1, -0.05) is 6.92 Å². The predicted molar refractivity (Wildman–Crippen MR) is 82.2 cm³/mol. The number of aromatic amines is 1. The molecule has 0 bridgehead atoms. The van der Waals surface area contributed by atoms with Crippen LogP contribution in [0.4, 0.5) is 5.69 Å². The number of anilines is 1. The number of H-pyrrole nitrogens is 1. The Balaban J connectivity index is 0.00000147. The fourth-order valence-corrected chi connectivity index (χ4v) is 2.73. The van der Waals surface area contributed by atoms with Gasteiger partial charge in [-0.15, -0.1) is 12.4 Å². The van der Waals surface area contributed by atoms with Gasteiger partial charge in [0.25, 0.3) is 0 Å². The summed E-state index contributed by atoms with van der Waals surface area (Å²) in [5, 5.41) is 14.2. The molecule has 1 aliphatic rings. The largest absolute Gasteiger partial charge is 0.324 e. The lowest BCUT2D eigenvalue weighted by molar-refractivity contribution is -0.122. The van der Waals surface area contributed by atoms with Crippen LogP contribution in [-0.4, -0.2) is 28.2 Å². The molecule has 3 N–H and O–H groups in total. The van der Waals surface area contributed by atoms with E-state index in [1.54, 1.807) is 6.20 Å². The second-order valence-corrected chi connectivity index (χ2v) is 5.09. The van der Waals surface area contributed by atoms with E-state index in [0.717, 1.165) is 42.4 Å². The molecule has 0 aliphatic carbocycles. The number of aromatic nitrogens is 2. The molecule has 0 saturated carbocycles. The number of carbonyl (C=O) groups is 1. The molecule has 2 heterocycles. The molecule has 1 aromatic heterocycles. The highest BCUT2D eigenvalue weighted by Gasteiger charge is 2.38. The van der Waals surface area contributed by atoms with Crippen molar-refractivity contribution >= 4 is 34.9 Å². The monoisotopic (exact) mass is 294 g/mol. The molecule has 1 amide bonds. The second kappa shape index (κ2) is 5.81. The maximum absolute atomic E-state index is 12.4. The summed E-state index contributed by atoms with van der Waals surface area (Å²) in [7, 11) is 0. The summed E-state index contributed by atoms with van der Waals surface area (Å²) in [6.07, 6.45) is 4.53. The van der Waals surface area contributed by atoms with Crippen molar-refractivity contribution < 1.29 is 4.79 Å². The highest BCUT2D eigenvalue weighted by atomic mass is 35.5. The van der Waals surface area contributed by atoms with Gasteiger partial charge in [0, 0.05) is 11.1 Å². The Labute approximate surface area is 123 Å². The highest BCUT2D eigenvalue weighted by molar-refractivity contribution is 5.99. The van der Waals surface area contributed by atoms with Gasteiger partial charge in [-0.05, 0) is 44.0 Å². The zero-order chi connectivity index (χ0) is 13.3. The highest BCUT2D eigenvalue weighted by Crippen LogP contribution is 2.25. The third-order valence-electron chi connectivity index (χ3n) is 3.98. The van der Waals surface area contributed by atoms with Gasteiger partial charge in [-0.2, -0.15) is 5.10 Å². The van der Waals surface area contributed by atoms with E-state index in [4.69, 9.17) is 0 Å². The van der Waals surface area contributed by atoms with Crippen molar-refractivity contribution in [1.82, 2.24) is 15.5 Å². The smallest absolute Gasteiger partial charge is 0.244 e. The first kappa shape index (κ1) is 14.8. The minimum Gasteiger partial charge on any atom is -0.324 e. The number of nitrogens with zero attached hydrogens (tertiary/aromatic N) is 1. The van der Waals surface area contributed by atoms with Crippen molar-refractivity contribution in [3.8, 4) is 0 Å². The average Bonchev–Trinajstić information content (AvgIpc) is 3.07. The summed E-state index contributed by atoms with van der Waals surface area (Å²) in [4.78, 5) is 12.4. The minimum atomic E-state index is -0.397. The van der Waals surface area contributed by atoms with E-state index < -0.39 is 5.54 Å². The number of halogens is 1. The third-order valence-corrected chi connectivity index (χ3v) is 3.98. The molecule has 0 radical (unpaired) electrons. The molecule has 1 unspecified atom stereocenters. The van der Waals surface area contributed by atoms with Crippen molar-refractivity contribution in [3.63, 3.8) is 0 Å². The summed E-state index contributed by atoms with van der Waals surface area (Å²) in [6, 6.07) is 5.77. The molecule has 20 heavy (non-hydrogen) atoms. The number of fused-ring (bicyclic) bond motifs is 1. The van der Waals surface area contributed by atoms with Crippen LogP contribution in [0, 0.1) is 0 Å². The molecular weight excluding hydrogens is 276 g/mol. The lowest BCUT2D eigenvalue weighted by atomic mass is 9.93.